The average molecular weight is 670 g/mol. The summed E-state index contributed by atoms with van der Waals surface area (Å²) in [5.74, 6) is 0.585. The number of aliphatic hydroxyl groups excluding tert-OH is 1. The van der Waals surface area contributed by atoms with Crippen molar-refractivity contribution in [3.63, 3.8) is 0 Å². The molecule has 252 valence electrons. The van der Waals surface area contributed by atoms with Crippen LogP contribution in [-0.2, 0) is 32.2 Å². The normalized spacial score (nSPS) is 17.5. The lowest BCUT2D eigenvalue weighted by atomic mass is 9.99. The second-order valence-electron chi connectivity index (χ2n) is 11.9. The minimum Gasteiger partial charge on any atom is -0.618 e. The van der Waals surface area contributed by atoms with Gasteiger partial charge < -0.3 is 30.4 Å². The number of ether oxygens (including phenoxy) is 2. The van der Waals surface area contributed by atoms with Gasteiger partial charge in [-0.1, -0.05) is 84.9 Å². The summed E-state index contributed by atoms with van der Waals surface area (Å²) in [6.45, 7) is 2.58. The highest BCUT2D eigenvalue weighted by atomic mass is 32.2. The molecule has 48 heavy (non-hydrogen) atoms. The van der Waals surface area contributed by atoms with Crippen molar-refractivity contribution in [1.29, 1.82) is 0 Å². The summed E-state index contributed by atoms with van der Waals surface area (Å²) in [5, 5.41) is 28.1. The zero-order chi connectivity index (χ0) is 33.7. The van der Waals surface area contributed by atoms with Crippen LogP contribution in [0.3, 0.4) is 0 Å². The largest absolute Gasteiger partial charge is 0.618 e. The first-order chi connectivity index (χ1) is 23.4. The minimum atomic E-state index is -0.594. The van der Waals surface area contributed by atoms with Gasteiger partial charge in [0.25, 0.3) is 5.03 Å². The monoisotopic (exact) mass is 669 g/mol. The number of amides is 2. The van der Waals surface area contributed by atoms with E-state index in [0.717, 1.165) is 57.4 Å². The van der Waals surface area contributed by atoms with Crippen molar-refractivity contribution in [1.82, 2.24) is 10.6 Å². The number of carbonyl (C=O) groups is 2. The van der Waals surface area contributed by atoms with Gasteiger partial charge in [0.15, 0.2) is 12.5 Å². The number of aromatic nitrogens is 1. The average Bonchev–Trinajstić information content (AvgIpc) is 3.12. The molecule has 0 unspecified atom stereocenters. The van der Waals surface area contributed by atoms with Gasteiger partial charge in [-0.2, -0.15) is 4.73 Å². The molecule has 10 heteroatoms. The fraction of sp³-hybridized carbons (Fsp3) is 0.342. The lowest BCUT2D eigenvalue weighted by Crippen LogP contribution is -2.32. The Morgan fingerprint density at radius 2 is 1.67 bits per heavy atom. The molecule has 0 saturated carbocycles. The van der Waals surface area contributed by atoms with Gasteiger partial charge in [-0.3, -0.25) is 9.59 Å². The number of pyridine rings is 1. The van der Waals surface area contributed by atoms with E-state index in [9.17, 15) is 19.9 Å². The molecule has 3 aromatic carbocycles. The Morgan fingerprint density at radius 3 is 2.42 bits per heavy atom. The Hall–Kier alpha value is -4.22. The third-order valence-electron chi connectivity index (χ3n) is 8.21. The maximum atomic E-state index is 12.4. The van der Waals surface area contributed by atoms with E-state index in [4.69, 9.17) is 9.47 Å². The Labute approximate surface area is 286 Å². The number of nitrogens with one attached hydrogen (secondary N) is 2. The molecule has 0 radical (unpaired) electrons. The van der Waals surface area contributed by atoms with Crippen molar-refractivity contribution >= 4 is 23.6 Å². The Bertz CT molecular complexity index is 1630. The summed E-state index contributed by atoms with van der Waals surface area (Å²) in [6, 6.07) is 29.4. The molecule has 1 aliphatic rings. The molecule has 2 heterocycles. The first kappa shape index (κ1) is 35.1. The highest BCUT2D eigenvalue weighted by molar-refractivity contribution is 7.99. The molecule has 3 atom stereocenters. The van der Waals surface area contributed by atoms with E-state index in [-0.39, 0.29) is 30.6 Å². The number of rotatable bonds is 15. The Balaban J connectivity index is 1.20. The Morgan fingerprint density at radius 1 is 0.875 bits per heavy atom. The fourth-order valence-electron chi connectivity index (χ4n) is 5.56. The maximum Gasteiger partial charge on any atom is 0.251 e. The fourth-order valence-corrected chi connectivity index (χ4v) is 6.49. The van der Waals surface area contributed by atoms with Crippen LogP contribution in [-0.4, -0.2) is 35.3 Å². The third kappa shape index (κ3) is 10.4. The molecular formula is C38H43N3O6S. The van der Waals surface area contributed by atoms with E-state index < -0.39 is 6.29 Å². The number of hydrogen-bond acceptors (Lipinski definition) is 7. The van der Waals surface area contributed by atoms with Crippen LogP contribution in [0.25, 0.3) is 11.1 Å². The van der Waals surface area contributed by atoms with E-state index in [0.29, 0.717) is 36.7 Å². The van der Waals surface area contributed by atoms with Gasteiger partial charge in [0.05, 0.1) is 18.8 Å². The lowest BCUT2D eigenvalue weighted by Gasteiger charge is -2.36. The van der Waals surface area contributed by atoms with Crippen molar-refractivity contribution in [3.8, 4) is 11.1 Å². The predicted octanol–water partition coefficient (Wildman–Crippen LogP) is 6.13. The highest BCUT2D eigenvalue weighted by Crippen LogP contribution is 2.39. The second kappa shape index (κ2) is 17.8. The Kier molecular flexibility index (Phi) is 13.0. The molecule has 5 rings (SSSR count). The minimum absolute atomic E-state index is 0.0179. The number of nitrogens with zero attached hydrogens (tertiary/aromatic N) is 1. The second-order valence-corrected chi connectivity index (χ2v) is 13.0. The van der Waals surface area contributed by atoms with Crippen molar-refractivity contribution in [2.75, 3.05) is 12.3 Å². The van der Waals surface area contributed by atoms with Crippen molar-refractivity contribution < 1.29 is 28.9 Å². The number of benzene rings is 3. The lowest BCUT2D eigenvalue weighted by molar-refractivity contribution is -0.645. The van der Waals surface area contributed by atoms with E-state index in [1.54, 1.807) is 12.1 Å². The molecule has 0 aliphatic carbocycles. The van der Waals surface area contributed by atoms with Crippen LogP contribution in [0.1, 0.15) is 73.7 Å². The number of thioether (sulfide) groups is 1. The van der Waals surface area contributed by atoms with E-state index in [1.807, 2.05) is 60.7 Å². The summed E-state index contributed by atoms with van der Waals surface area (Å²) >= 11 is 1.47. The van der Waals surface area contributed by atoms with Crippen LogP contribution in [0, 0.1) is 5.21 Å². The van der Waals surface area contributed by atoms with Gasteiger partial charge in [-0.25, -0.2) is 0 Å². The van der Waals surface area contributed by atoms with Crippen molar-refractivity contribution in [3.05, 3.63) is 125 Å². The summed E-state index contributed by atoms with van der Waals surface area (Å²) in [5.41, 5.74) is 5.84. The van der Waals surface area contributed by atoms with Crippen LogP contribution in [0.2, 0.25) is 0 Å². The standard InChI is InChI=1S/C38H43N3O6S/c1-27(43)39-20-5-2-3-10-36(44)40-24-29-8-7-9-33(22-29)30-16-18-32(19-17-30)38-46-34(26-48-37-11-4-6-21-41(37)45)23-35(47-38)31-14-12-28(25-42)13-15-31/h4,6-9,11-19,21-22,34-35,38,42H,2-3,5,10,20,23-26H2,1H3,(H,39,43)(H,40,44)/t34-,35+,38+/m0/s1. The maximum absolute atomic E-state index is 12.4. The topological polar surface area (TPSA) is 124 Å². The summed E-state index contributed by atoms with van der Waals surface area (Å²) in [7, 11) is 0. The molecule has 4 aromatic rings. The SMILES string of the molecule is CC(=O)NCCCCCC(=O)NCc1cccc(-c2ccc([C@@H]3O[C@H](CSc4cccc[n+]4[O-])C[C@H](c4ccc(CO)cc4)O3)cc2)c1. The smallest absolute Gasteiger partial charge is 0.251 e. The van der Waals surface area contributed by atoms with Crippen LogP contribution in [0.4, 0.5) is 0 Å². The van der Waals surface area contributed by atoms with Crippen molar-refractivity contribution in [2.45, 2.75) is 75.7 Å². The number of carbonyl (C=O) groups excluding carboxylic acids is 2. The number of unbranched alkanes of at least 4 members (excludes halogenated alkanes) is 2. The van der Waals surface area contributed by atoms with Crippen molar-refractivity contribution in [2.24, 2.45) is 0 Å². The van der Waals surface area contributed by atoms with E-state index in [2.05, 4.69) is 28.8 Å². The van der Waals surface area contributed by atoms with Gasteiger partial charge >= 0.3 is 0 Å². The molecule has 9 nitrogen and oxygen atoms in total. The number of aliphatic hydroxyl groups is 1. The molecule has 0 bridgehead atoms. The van der Waals surface area contributed by atoms with Crippen LogP contribution in [0.15, 0.2) is 102 Å². The molecular weight excluding hydrogens is 627 g/mol. The molecule has 1 aliphatic heterocycles. The first-order valence-electron chi connectivity index (χ1n) is 16.4. The van der Waals surface area contributed by atoms with Gasteiger partial charge in [0.2, 0.25) is 11.8 Å². The van der Waals surface area contributed by atoms with Crippen LogP contribution >= 0.6 is 11.8 Å². The first-order valence-corrected chi connectivity index (χ1v) is 17.4. The quantitative estimate of drug-likeness (QED) is 0.0602. The van der Waals surface area contributed by atoms with E-state index in [1.165, 1.54) is 24.9 Å². The van der Waals surface area contributed by atoms with Gasteiger partial charge in [0.1, 0.15) is 0 Å². The molecule has 1 fully saturated rings. The van der Waals surface area contributed by atoms with Gasteiger partial charge in [-0.05, 0) is 52.8 Å². The molecule has 3 N–H and O–H groups in total. The zero-order valence-corrected chi connectivity index (χ0v) is 28.0. The zero-order valence-electron chi connectivity index (χ0n) is 27.2. The summed E-state index contributed by atoms with van der Waals surface area (Å²) in [4.78, 5) is 23.3. The van der Waals surface area contributed by atoms with E-state index >= 15 is 0 Å². The van der Waals surface area contributed by atoms with Gasteiger partial charge in [-0.15, -0.1) is 0 Å². The number of hydrogen-bond donors (Lipinski definition) is 3. The third-order valence-corrected chi connectivity index (χ3v) is 9.36. The molecule has 2 amide bonds. The predicted molar refractivity (Wildman–Crippen MR) is 185 cm³/mol. The van der Waals surface area contributed by atoms with Crippen LogP contribution in [0.5, 0.6) is 0 Å². The molecule has 1 saturated heterocycles. The molecule has 0 spiro atoms. The summed E-state index contributed by atoms with van der Waals surface area (Å²) < 4.78 is 13.8. The highest BCUT2D eigenvalue weighted by Gasteiger charge is 2.32. The summed E-state index contributed by atoms with van der Waals surface area (Å²) in [6.07, 6.45) is 4.17. The van der Waals surface area contributed by atoms with Crippen LogP contribution < -0.4 is 15.4 Å². The molecule has 1 aromatic heterocycles. The van der Waals surface area contributed by atoms with Gasteiger partial charge in [0, 0.05) is 56.3 Å².